The fourth-order valence-corrected chi connectivity index (χ4v) is 2.54. The Morgan fingerprint density at radius 1 is 1.20 bits per heavy atom. The van der Waals surface area contributed by atoms with Crippen molar-refractivity contribution in [2.45, 2.75) is 13.0 Å². The van der Waals surface area contributed by atoms with E-state index in [1.807, 2.05) is 0 Å². The highest BCUT2D eigenvalue weighted by Crippen LogP contribution is 2.38. The summed E-state index contributed by atoms with van der Waals surface area (Å²) in [7, 11) is 0. The van der Waals surface area contributed by atoms with Gasteiger partial charge in [0.15, 0.2) is 0 Å². The molecule has 20 heavy (non-hydrogen) atoms. The highest BCUT2D eigenvalue weighted by atomic mass is 79.9. The van der Waals surface area contributed by atoms with E-state index in [0.717, 1.165) is 0 Å². The van der Waals surface area contributed by atoms with Gasteiger partial charge in [-0.1, -0.05) is 29.3 Å². The topological polar surface area (TPSA) is 29.5 Å². The Kier molecular flexibility index (Phi) is 4.91. The number of hydrogen-bond donors (Lipinski definition) is 1. The lowest BCUT2D eigenvalue weighted by atomic mass is 10.1. The van der Waals surface area contributed by atoms with Crippen molar-refractivity contribution in [2.24, 2.45) is 0 Å². The summed E-state index contributed by atoms with van der Waals surface area (Å²) in [4.78, 5) is 0. The zero-order valence-corrected chi connectivity index (χ0v) is 13.4. The smallest absolute Gasteiger partial charge is 0.147 e. The molecule has 2 aromatic rings. The molecule has 6 heteroatoms. The Morgan fingerprint density at radius 3 is 2.55 bits per heavy atom. The molecule has 0 fully saturated rings. The average molecular weight is 380 g/mol. The zero-order chi connectivity index (χ0) is 14.9. The van der Waals surface area contributed by atoms with Crippen molar-refractivity contribution < 1.29 is 14.2 Å². The number of aliphatic hydroxyl groups excluding tert-OH is 1. The van der Waals surface area contributed by atoms with Gasteiger partial charge in [-0.15, -0.1) is 0 Å². The molecule has 0 unspecified atom stereocenters. The van der Waals surface area contributed by atoms with Gasteiger partial charge in [-0.3, -0.25) is 0 Å². The van der Waals surface area contributed by atoms with E-state index in [1.165, 1.54) is 25.1 Å². The van der Waals surface area contributed by atoms with Gasteiger partial charge >= 0.3 is 0 Å². The first-order valence-electron chi connectivity index (χ1n) is 5.69. The summed E-state index contributed by atoms with van der Waals surface area (Å²) in [6.45, 7) is 1.46. The van der Waals surface area contributed by atoms with Crippen LogP contribution in [0.25, 0.3) is 0 Å². The summed E-state index contributed by atoms with van der Waals surface area (Å²) in [5, 5.41) is 10.4. The third-order valence-corrected chi connectivity index (χ3v) is 4.12. The summed E-state index contributed by atoms with van der Waals surface area (Å²) >= 11 is 15.3. The van der Waals surface area contributed by atoms with E-state index in [1.54, 1.807) is 12.1 Å². The third-order valence-electron chi connectivity index (χ3n) is 2.63. The summed E-state index contributed by atoms with van der Waals surface area (Å²) in [5.41, 5.74) is 0.0719. The van der Waals surface area contributed by atoms with Gasteiger partial charge in [0.25, 0.3) is 0 Å². The van der Waals surface area contributed by atoms with Gasteiger partial charge in [0.05, 0.1) is 21.7 Å². The first-order chi connectivity index (χ1) is 9.40. The molecule has 0 saturated carbocycles. The van der Waals surface area contributed by atoms with E-state index >= 15 is 0 Å². The second-order valence-electron chi connectivity index (χ2n) is 4.13. The molecule has 2 nitrogen and oxygen atoms in total. The van der Waals surface area contributed by atoms with Crippen LogP contribution in [0.5, 0.6) is 11.5 Å². The monoisotopic (exact) mass is 378 g/mol. The third kappa shape index (κ3) is 3.26. The van der Waals surface area contributed by atoms with Crippen molar-refractivity contribution >= 4 is 39.1 Å². The normalized spacial score (nSPS) is 12.3. The summed E-state index contributed by atoms with van der Waals surface area (Å²) in [6, 6.07) is 7.40. The van der Waals surface area contributed by atoms with Crippen LogP contribution in [0, 0.1) is 5.82 Å². The number of ether oxygens (including phenoxy) is 1. The second-order valence-corrected chi connectivity index (χ2v) is 5.80. The molecule has 1 N–H and O–H groups in total. The first kappa shape index (κ1) is 15.6. The van der Waals surface area contributed by atoms with Crippen molar-refractivity contribution in [3.63, 3.8) is 0 Å². The van der Waals surface area contributed by atoms with Crippen molar-refractivity contribution in [1.29, 1.82) is 0 Å². The zero-order valence-electron chi connectivity index (χ0n) is 10.3. The predicted octanol–water partition coefficient (Wildman–Crippen LogP) is 5.74. The van der Waals surface area contributed by atoms with E-state index < -0.39 is 11.9 Å². The van der Waals surface area contributed by atoms with Crippen LogP contribution in [0.3, 0.4) is 0 Å². The fraction of sp³-hybridized carbons (Fsp3) is 0.143. The van der Waals surface area contributed by atoms with Gasteiger partial charge in [-0.25, -0.2) is 4.39 Å². The van der Waals surface area contributed by atoms with Crippen LogP contribution in [0.2, 0.25) is 10.0 Å². The molecule has 106 valence electrons. The maximum absolute atomic E-state index is 13.7. The molecule has 2 aromatic carbocycles. The molecule has 0 aliphatic carbocycles. The number of halogens is 4. The summed E-state index contributed by atoms with van der Waals surface area (Å²) in [6.07, 6.45) is -1.00. The molecule has 2 rings (SSSR count). The molecule has 0 aliphatic rings. The average Bonchev–Trinajstić information content (AvgIpc) is 2.35. The van der Waals surface area contributed by atoms with Crippen molar-refractivity contribution in [3.05, 3.63) is 56.2 Å². The maximum Gasteiger partial charge on any atom is 0.147 e. The van der Waals surface area contributed by atoms with E-state index in [0.29, 0.717) is 14.5 Å². The van der Waals surface area contributed by atoms with E-state index in [9.17, 15) is 9.50 Å². The second kappa shape index (κ2) is 6.31. The molecular weight excluding hydrogens is 370 g/mol. The van der Waals surface area contributed by atoms with E-state index in [-0.39, 0.29) is 17.1 Å². The van der Waals surface area contributed by atoms with Gasteiger partial charge in [0, 0.05) is 10.5 Å². The van der Waals surface area contributed by atoms with Crippen LogP contribution >= 0.6 is 39.1 Å². The minimum Gasteiger partial charge on any atom is -0.455 e. The van der Waals surface area contributed by atoms with Crippen LogP contribution < -0.4 is 4.74 Å². The molecule has 0 bridgehead atoms. The number of rotatable bonds is 3. The Hall–Kier alpha value is -0.810. The molecule has 0 aromatic heterocycles. The largest absolute Gasteiger partial charge is 0.455 e. The van der Waals surface area contributed by atoms with Crippen LogP contribution in [0.1, 0.15) is 18.6 Å². The fourth-order valence-electron chi connectivity index (χ4n) is 1.71. The lowest BCUT2D eigenvalue weighted by Gasteiger charge is -2.15. The highest BCUT2D eigenvalue weighted by molar-refractivity contribution is 9.10. The SMILES string of the molecule is C[C@H](O)c1c(F)cccc1Oc1cc(Cl)c(Br)cc1Cl. The van der Waals surface area contributed by atoms with E-state index in [4.69, 9.17) is 27.9 Å². The van der Waals surface area contributed by atoms with Crippen LogP contribution in [-0.2, 0) is 0 Å². The quantitative estimate of drug-likeness (QED) is 0.689. The molecule has 0 aliphatic heterocycles. The lowest BCUT2D eigenvalue weighted by molar-refractivity contribution is 0.190. The minimum atomic E-state index is -1.00. The molecule has 0 radical (unpaired) electrons. The minimum absolute atomic E-state index is 0.0719. The molecule has 0 spiro atoms. The van der Waals surface area contributed by atoms with Gasteiger partial charge in [-0.05, 0) is 41.1 Å². The van der Waals surface area contributed by atoms with Gasteiger partial charge in [0.1, 0.15) is 17.3 Å². The van der Waals surface area contributed by atoms with Gasteiger partial charge < -0.3 is 9.84 Å². The molecular formula is C14H10BrCl2FO2. The van der Waals surface area contributed by atoms with Crippen LogP contribution in [0.4, 0.5) is 4.39 Å². The first-order valence-corrected chi connectivity index (χ1v) is 7.24. The Bertz CT molecular complexity index is 647. The van der Waals surface area contributed by atoms with Crippen molar-refractivity contribution in [2.75, 3.05) is 0 Å². The lowest BCUT2D eigenvalue weighted by Crippen LogP contribution is -2.00. The molecule has 0 heterocycles. The number of benzene rings is 2. The maximum atomic E-state index is 13.7. The predicted molar refractivity (Wildman–Crippen MR) is 81.3 cm³/mol. The standard InChI is InChI=1S/C14H10BrCl2FO2/c1-7(19)14-11(18)3-2-4-12(14)20-13-6-9(16)8(15)5-10(13)17/h2-7,19H,1H3/t7-/m0/s1. The number of aliphatic hydroxyl groups is 1. The highest BCUT2D eigenvalue weighted by Gasteiger charge is 2.17. The Morgan fingerprint density at radius 2 is 1.90 bits per heavy atom. The number of hydrogen-bond acceptors (Lipinski definition) is 2. The Balaban J connectivity index is 2.45. The van der Waals surface area contributed by atoms with Crippen molar-refractivity contribution in [1.82, 2.24) is 0 Å². The molecule has 0 saturated heterocycles. The van der Waals surface area contributed by atoms with E-state index in [2.05, 4.69) is 15.9 Å². The molecule has 0 amide bonds. The summed E-state index contributed by atoms with van der Waals surface area (Å²) < 4.78 is 20.0. The van der Waals surface area contributed by atoms with Crippen LogP contribution in [-0.4, -0.2) is 5.11 Å². The van der Waals surface area contributed by atoms with Gasteiger partial charge in [0.2, 0.25) is 0 Å². The Labute approximate surface area is 134 Å². The van der Waals surface area contributed by atoms with Crippen LogP contribution in [0.15, 0.2) is 34.8 Å². The molecule has 1 atom stereocenters. The summed E-state index contributed by atoms with van der Waals surface area (Å²) in [5.74, 6) is -0.0653. The van der Waals surface area contributed by atoms with Gasteiger partial charge in [-0.2, -0.15) is 0 Å². The van der Waals surface area contributed by atoms with Crippen molar-refractivity contribution in [3.8, 4) is 11.5 Å².